The van der Waals surface area contributed by atoms with E-state index in [1.807, 2.05) is 0 Å². The van der Waals surface area contributed by atoms with E-state index in [1.54, 1.807) is 0 Å². The largest absolute Gasteiger partial charge is 0.504 e. The molecule has 7 N–H and O–H groups in total. The lowest BCUT2D eigenvalue weighted by molar-refractivity contribution is -0.196. The van der Waals surface area contributed by atoms with Gasteiger partial charge in [-0.15, -0.1) is 0 Å². The minimum absolute atomic E-state index is 0.347. The van der Waals surface area contributed by atoms with Crippen LogP contribution in [-0.4, -0.2) is 79.4 Å². The third-order valence-corrected chi connectivity index (χ3v) is 5.85. The highest BCUT2D eigenvalue weighted by atomic mass is 16.6. The SMILES string of the molecule is CNC(=O)[C@]1(O)C[C@@H](OC(=O)/C=C/c2ccc(O)c(O)c2)[C@@H](O)[C@H](OC(=O)/C=C/c2ccc(O)c(O)c2)C1. The third-order valence-electron chi connectivity index (χ3n) is 5.85. The quantitative estimate of drug-likeness (QED) is 0.151. The van der Waals surface area contributed by atoms with Gasteiger partial charge in [-0.05, 0) is 47.5 Å². The van der Waals surface area contributed by atoms with E-state index in [-0.39, 0.29) is 11.5 Å². The number of hydrogen-bond acceptors (Lipinski definition) is 11. The van der Waals surface area contributed by atoms with E-state index in [0.717, 1.165) is 12.2 Å². The Morgan fingerprint density at radius 2 is 1.24 bits per heavy atom. The van der Waals surface area contributed by atoms with Gasteiger partial charge in [0, 0.05) is 32.0 Å². The number of ether oxygens (including phenoxy) is 2. The number of rotatable bonds is 7. The summed E-state index contributed by atoms with van der Waals surface area (Å²) in [5, 5.41) is 61.8. The van der Waals surface area contributed by atoms with Crippen molar-refractivity contribution in [1.29, 1.82) is 0 Å². The van der Waals surface area contributed by atoms with Gasteiger partial charge < -0.3 is 45.4 Å². The maximum atomic E-state index is 12.4. The molecular weight excluding hydrogens is 502 g/mol. The van der Waals surface area contributed by atoms with E-state index in [4.69, 9.17) is 9.47 Å². The molecule has 1 aliphatic carbocycles. The lowest BCUT2D eigenvalue weighted by Crippen LogP contribution is -2.60. The van der Waals surface area contributed by atoms with E-state index in [9.17, 15) is 45.0 Å². The van der Waals surface area contributed by atoms with Gasteiger partial charge in [-0.25, -0.2) is 9.59 Å². The van der Waals surface area contributed by atoms with Crippen LogP contribution in [0.4, 0.5) is 0 Å². The lowest BCUT2D eigenvalue weighted by atomic mass is 9.78. The maximum absolute atomic E-state index is 12.4. The van der Waals surface area contributed by atoms with E-state index < -0.39 is 66.1 Å². The number of carbonyl (C=O) groups is 3. The Labute approximate surface area is 216 Å². The van der Waals surface area contributed by atoms with Gasteiger partial charge in [0.1, 0.15) is 23.9 Å². The molecule has 38 heavy (non-hydrogen) atoms. The average Bonchev–Trinajstić information content (AvgIpc) is 2.87. The van der Waals surface area contributed by atoms with Crippen LogP contribution in [0.2, 0.25) is 0 Å². The van der Waals surface area contributed by atoms with Crippen LogP contribution in [0.1, 0.15) is 24.0 Å². The standard InChI is InChI=1S/C26H27NO11/c1-27-25(35)26(36)12-20(37-22(32)8-4-14-2-6-16(28)18(30)10-14)24(34)21(13-26)38-23(33)9-5-15-3-7-17(29)19(31)11-15/h2-11,20-21,24,28-31,34,36H,12-13H2,1H3,(H,27,35)/b8-4+,9-5+/t20-,21-,24-,26+/m1/s1. The zero-order valence-corrected chi connectivity index (χ0v) is 20.1. The molecule has 12 nitrogen and oxygen atoms in total. The molecule has 0 spiro atoms. The second kappa shape index (κ2) is 11.7. The fourth-order valence-electron chi connectivity index (χ4n) is 3.86. The number of phenolic OH excluding ortho intramolecular Hbond substituents is 4. The first-order valence-electron chi connectivity index (χ1n) is 11.4. The molecule has 202 valence electrons. The van der Waals surface area contributed by atoms with Gasteiger partial charge in [-0.3, -0.25) is 4.79 Å². The number of aliphatic hydroxyl groups excluding tert-OH is 1. The van der Waals surface area contributed by atoms with Gasteiger partial charge in [0.05, 0.1) is 0 Å². The molecule has 0 radical (unpaired) electrons. The Morgan fingerprint density at radius 1 is 0.816 bits per heavy atom. The second-order valence-electron chi connectivity index (χ2n) is 8.62. The zero-order chi connectivity index (χ0) is 28.0. The number of esters is 2. The fourth-order valence-corrected chi connectivity index (χ4v) is 3.86. The minimum Gasteiger partial charge on any atom is -0.504 e. The Hall–Kier alpha value is -4.55. The first-order chi connectivity index (χ1) is 17.9. The molecule has 0 saturated heterocycles. The number of aliphatic hydroxyl groups is 2. The summed E-state index contributed by atoms with van der Waals surface area (Å²) in [5.41, 5.74) is -1.43. The van der Waals surface area contributed by atoms with Gasteiger partial charge >= 0.3 is 11.9 Å². The molecule has 0 bridgehead atoms. The molecule has 0 aromatic heterocycles. The van der Waals surface area contributed by atoms with Crippen molar-refractivity contribution in [2.24, 2.45) is 0 Å². The number of likely N-dealkylation sites (N-methyl/N-ethyl adjacent to an activating group) is 1. The number of phenols is 4. The van der Waals surface area contributed by atoms with Gasteiger partial charge in [0.25, 0.3) is 5.91 Å². The number of hydrogen-bond donors (Lipinski definition) is 7. The lowest BCUT2D eigenvalue weighted by Gasteiger charge is -2.41. The summed E-state index contributed by atoms with van der Waals surface area (Å²) in [4.78, 5) is 37.2. The van der Waals surface area contributed by atoms with E-state index in [0.29, 0.717) is 11.1 Å². The van der Waals surface area contributed by atoms with Crippen molar-refractivity contribution in [1.82, 2.24) is 5.32 Å². The van der Waals surface area contributed by atoms with Crippen LogP contribution >= 0.6 is 0 Å². The predicted octanol–water partition coefficient (Wildman–Crippen LogP) is 0.691. The summed E-state index contributed by atoms with van der Waals surface area (Å²) in [6.07, 6.45) is -0.944. The molecule has 0 unspecified atom stereocenters. The normalized spacial score (nSPS) is 23.3. The van der Waals surface area contributed by atoms with E-state index in [1.165, 1.54) is 55.6 Å². The average molecular weight is 529 g/mol. The van der Waals surface area contributed by atoms with E-state index in [2.05, 4.69) is 5.32 Å². The van der Waals surface area contributed by atoms with Crippen LogP contribution in [0, 0.1) is 0 Å². The summed E-state index contributed by atoms with van der Waals surface area (Å²) in [5.74, 6) is -4.25. The highest BCUT2D eigenvalue weighted by molar-refractivity contribution is 5.89. The molecule has 1 fully saturated rings. The first-order valence-corrected chi connectivity index (χ1v) is 11.4. The maximum Gasteiger partial charge on any atom is 0.331 e. The molecule has 2 atom stereocenters. The van der Waals surface area contributed by atoms with Crippen molar-refractivity contribution in [3.05, 3.63) is 59.7 Å². The summed E-state index contributed by atoms with van der Waals surface area (Å²) < 4.78 is 10.5. The van der Waals surface area contributed by atoms with Crippen LogP contribution < -0.4 is 5.32 Å². The highest BCUT2D eigenvalue weighted by Gasteiger charge is 2.51. The van der Waals surface area contributed by atoms with Crippen molar-refractivity contribution >= 4 is 30.0 Å². The third kappa shape index (κ3) is 6.81. The summed E-state index contributed by atoms with van der Waals surface area (Å²) >= 11 is 0. The van der Waals surface area contributed by atoms with Gasteiger partial charge in [-0.2, -0.15) is 0 Å². The molecule has 2 aromatic carbocycles. The fraction of sp³-hybridized carbons (Fsp3) is 0.269. The molecule has 1 amide bonds. The van der Waals surface area contributed by atoms with Crippen LogP contribution in [0.25, 0.3) is 12.2 Å². The monoisotopic (exact) mass is 529 g/mol. The van der Waals surface area contributed by atoms with Crippen LogP contribution in [0.15, 0.2) is 48.6 Å². The Kier molecular flexibility index (Phi) is 8.61. The number of carbonyl (C=O) groups excluding carboxylic acids is 3. The first kappa shape index (κ1) is 28.0. The predicted molar refractivity (Wildman–Crippen MR) is 132 cm³/mol. The second-order valence-corrected chi connectivity index (χ2v) is 8.62. The minimum atomic E-state index is -2.14. The summed E-state index contributed by atoms with van der Waals surface area (Å²) in [7, 11) is 1.28. The van der Waals surface area contributed by atoms with E-state index >= 15 is 0 Å². The molecule has 3 rings (SSSR count). The van der Waals surface area contributed by atoms with Crippen LogP contribution in [-0.2, 0) is 23.9 Å². The topological polar surface area (TPSA) is 203 Å². The number of amides is 1. The van der Waals surface area contributed by atoms with Crippen LogP contribution in [0.5, 0.6) is 23.0 Å². The van der Waals surface area contributed by atoms with Crippen molar-refractivity contribution in [3.8, 4) is 23.0 Å². The Balaban J connectivity index is 1.73. The molecule has 1 saturated carbocycles. The van der Waals surface area contributed by atoms with Crippen molar-refractivity contribution in [2.45, 2.75) is 36.8 Å². The smallest absolute Gasteiger partial charge is 0.331 e. The molecular formula is C26H27NO11. The molecule has 2 aromatic rings. The molecule has 12 heteroatoms. The molecule has 0 aliphatic heterocycles. The Morgan fingerprint density at radius 3 is 1.61 bits per heavy atom. The zero-order valence-electron chi connectivity index (χ0n) is 20.1. The number of aromatic hydroxyl groups is 4. The van der Waals surface area contributed by atoms with Gasteiger partial charge in [-0.1, -0.05) is 12.1 Å². The molecule has 0 heterocycles. The summed E-state index contributed by atoms with van der Waals surface area (Å²) in [6, 6.07) is 7.66. The highest BCUT2D eigenvalue weighted by Crippen LogP contribution is 2.33. The summed E-state index contributed by atoms with van der Waals surface area (Å²) in [6.45, 7) is 0. The number of nitrogens with one attached hydrogen (secondary N) is 1. The number of benzene rings is 2. The van der Waals surface area contributed by atoms with Crippen molar-refractivity contribution in [2.75, 3.05) is 7.05 Å². The van der Waals surface area contributed by atoms with Gasteiger partial charge in [0.2, 0.25) is 0 Å². The van der Waals surface area contributed by atoms with Crippen molar-refractivity contribution < 1.29 is 54.5 Å². The van der Waals surface area contributed by atoms with Crippen molar-refractivity contribution in [3.63, 3.8) is 0 Å². The Bertz CT molecular complexity index is 1180. The van der Waals surface area contributed by atoms with Gasteiger partial charge in [0.15, 0.2) is 23.0 Å². The molecule has 1 aliphatic rings. The van der Waals surface area contributed by atoms with Crippen LogP contribution in [0.3, 0.4) is 0 Å².